The van der Waals surface area contributed by atoms with E-state index in [1.165, 1.54) is 10.8 Å². The van der Waals surface area contributed by atoms with Gasteiger partial charge in [0.2, 0.25) is 0 Å². The number of halogens is 1. The number of hydrogen-bond acceptors (Lipinski definition) is 5. The Morgan fingerprint density at radius 1 is 1.59 bits per heavy atom. The molecule has 0 saturated carbocycles. The van der Waals surface area contributed by atoms with E-state index in [0.717, 1.165) is 0 Å². The van der Waals surface area contributed by atoms with E-state index in [9.17, 15) is 4.79 Å². The summed E-state index contributed by atoms with van der Waals surface area (Å²) in [6, 6.07) is 1.73. The molecular weight excluding hydrogens is 246 g/mol. The molecule has 0 aromatic carbocycles. The molecular formula is C10H10ClN3O3. The largest absolute Gasteiger partial charge is 0.377 e. The first-order valence-electron chi connectivity index (χ1n) is 4.85. The first-order chi connectivity index (χ1) is 8.20. The maximum Gasteiger partial charge on any atom is 0.288 e. The van der Waals surface area contributed by atoms with Crippen LogP contribution in [0.25, 0.3) is 0 Å². The number of ether oxygens (including phenoxy) is 1. The fraction of sp³-hybridized carbons (Fsp3) is 0.300. The Morgan fingerprint density at radius 2 is 2.41 bits per heavy atom. The van der Waals surface area contributed by atoms with E-state index >= 15 is 0 Å². The van der Waals surface area contributed by atoms with E-state index < -0.39 is 0 Å². The summed E-state index contributed by atoms with van der Waals surface area (Å²) < 4.78 is 11.3. The van der Waals surface area contributed by atoms with Gasteiger partial charge in [0.05, 0.1) is 6.54 Å². The smallest absolute Gasteiger partial charge is 0.288 e. The zero-order chi connectivity index (χ0) is 12.3. The van der Waals surface area contributed by atoms with E-state index in [4.69, 9.17) is 20.9 Å². The van der Waals surface area contributed by atoms with Gasteiger partial charge in [-0.15, -0.1) is 0 Å². The minimum atomic E-state index is -0.356. The highest BCUT2D eigenvalue weighted by Gasteiger charge is 2.07. The summed E-state index contributed by atoms with van der Waals surface area (Å²) in [6.07, 6.45) is 3.00. The number of nitrogens with zero attached hydrogens (tertiary/aromatic N) is 3. The molecule has 0 aliphatic carbocycles. The second kappa shape index (κ2) is 5.11. The molecule has 2 heterocycles. The minimum Gasteiger partial charge on any atom is -0.377 e. The Bertz CT molecular complexity index is 564. The highest BCUT2D eigenvalue weighted by atomic mass is 35.5. The molecule has 0 saturated heterocycles. The summed E-state index contributed by atoms with van der Waals surface area (Å²) in [5.41, 5.74) is 0.270. The number of hydrogen-bond donors (Lipinski definition) is 0. The van der Waals surface area contributed by atoms with E-state index in [0.29, 0.717) is 18.1 Å². The van der Waals surface area contributed by atoms with Crippen LogP contribution < -0.4 is 5.56 Å². The van der Waals surface area contributed by atoms with Crippen molar-refractivity contribution < 1.29 is 9.26 Å². The summed E-state index contributed by atoms with van der Waals surface area (Å²) >= 11 is 5.63. The molecule has 0 bridgehead atoms. The standard InChI is InChI=1S/C10H10ClN3O3/c1-16-6-8-4-7(13-17-8)5-14-3-2-12-9(11)10(14)15/h2-4H,5-6H2,1H3. The third-order valence-electron chi connectivity index (χ3n) is 2.10. The first-order valence-corrected chi connectivity index (χ1v) is 5.23. The number of aromatic nitrogens is 3. The topological polar surface area (TPSA) is 70.2 Å². The van der Waals surface area contributed by atoms with Crippen LogP contribution in [0.5, 0.6) is 0 Å². The molecule has 0 fully saturated rings. The predicted molar refractivity (Wildman–Crippen MR) is 59.8 cm³/mol. The highest BCUT2D eigenvalue weighted by Crippen LogP contribution is 2.06. The van der Waals surface area contributed by atoms with Gasteiger partial charge in [0, 0.05) is 25.6 Å². The molecule has 17 heavy (non-hydrogen) atoms. The van der Waals surface area contributed by atoms with E-state index in [2.05, 4.69) is 10.1 Å². The lowest BCUT2D eigenvalue weighted by atomic mass is 10.3. The third kappa shape index (κ3) is 2.72. The van der Waals surface area contributed by atoms with Crippen LogP contribution in [0.15, 0.2) is 27.8 Å². The maximum absolute atomic E-state index is 11.6. The van der Waals surface area contributed by atoms with Gasteiger partial charge in [-0.25, -0.2) is 4.98 Å². The fourth-order valence-corrected chi connectivity index (χ4v) is 1.53. The minimum absolute atomic E-state index is 0.0619. The van der Waals surface area contributed by atoms with Gasteiger partial charge in [-0.3, -0.25) is 4.79 Å². The number of rotatable bonds is 4. The van der Waals surface area contributed by atoms with E-state index in [-0.39, 0.29) is 17.3 Å². The Morgan fingerprint density at radius 3 is 3.18 bits per heavy atom. The van der Waals surface area contributed by atoms with Crippen LogP contribution in [-0.2, 0) is 17.9 Å². The molecule has 0 aliphatic rings. The van der Waals surface area contributed by atoms with Crippen molar-refractivity contribution in [3.63, 3.8) is 0 Å². The third-order valence-corrected chi connectivity index (χ3v) is 2.36. The molecule has 2 aromatic heterocycles. The predicted octanol–water partition coefficient (Wildman–Crippen LogP) is 1.08. The van der Waals surface area contributed by atoms with Crippen molar-refractivity contribution >= 4 is 11.6 Å². The molecule has 0 atom stereocenters. The SMILES string of the molecule is COCc1cc(Cn2ccnc(Cl)c2=O)no1. The molecule has 2 rings (SSSR count). The summed E-state index contributed by atoms with van der Waals surface area (Å²) in [5, 5.41) is 3.76. The molecule has 90 valence electrons. The summed E-state index contributed by atoms with van der Waals surface area (Å²) in [6.45, 7) is 0.632. The molecule has 0 aliphatic heterocycles. The van der Waals surface area contributed by atoms with Crippen molar-refractivity contribution in [3.05, 3.63) is 45.4 Å². The van der Waals surface area contributed by atoms with Crippen molar-refractivity contribution in [2.45, 2.75) is 13.2 Å². The van der Waals surface area contributed by atoms with Crippen LogP contribution in [-0.4, -0.2) is 21.8 Å². The van der Waals surface area contributed by atoms with Gasteiger partial charge in [0.1, 0.15) is 12.3 Å². The summed E-state index contributed by atoms with van der Waals surface area (Å²) in [7, 11) is 1.56. The average molecular weight is 256 g/mol. The Hall–Kier alpha value is -1.66. The molecule has 0 spiro atoms. The van der Waals surface area contributed by atoms with Gasteiger partial charge in [0.15, 0.2) is 10.9 Å². The normalized spacial score (nSPS) is 10.7. The zero-order valence-corrected chi connectivity index (χ0v) is 9.85. The monoisotopic (exact) mass is 255 g/mol. The second-order valence-corrected chi connectivity index (χ2v) is 3.73. The lowest BCUT2D eigenvalue weighted by molar-refractivity contribution is 0.155. The van der Waals surface area contributed by atoms with Gasteiger partial charge in [-0.05, 0) is 0 Å². The Kier molecular flexibility index (Phi) is 3.55. The lowest BCUT2D eigenvalue weighted by Gasteiger charge is -2.01. The molecule has 6 nitrogen and oxygen atoms in total. The van der Waals surface area contributed by atoms with Crippen LogP contribution in [0.1, 0.15) is 11.5 Å². The first kappa shape index (κ1) is 11.8. The van der Waals surface area contributed by atoms with Gasteiger partial charge < -0.3 is 13.8 Å². The van der Waals surface area contributed by atoms with Crippen molar-refractivity contribution in [2.75, 3.05) is 7.11 Å². The molecule has 0 unspecified atom stereocenters. The van der Waals surface area contributed by atoms with Gasteiger partial charge in [-0.2, -0.15) is 0 Å². The van der Waals surface area contributed by atoms with Crippen molar-refractivity contribution in [1.82, 2.24) is 14.7 Å². The van der Waals surface area contributed by atoms with Gasteiger partial charge >= 0.3 is 0 Å². The van der Waals surface area contributed by atoms with Gasteiger partial charge in [-0.1, -0.05) is 16.8 Å². The summed E-state index contributed by atoms with van der Waals surface area (Å²) in [5.74, 6) is 0.607. The van der Waals surface area contributed by atoms with Crippen LogP contribution in [0, 0.1) is 0 Å². The second-order valence-electron chi connectivity index (χ2n) is 3.37. The fourth-order valence-electron chi connectivity index (χ4n) is 1.36. The Labute approximate surface area is 102 Å². The molecule has 0 radical (unpaired) electrons. The van der Waals surface area contributed by atoms with Crippen LogP contribution in [0.3, 0.4) is 0 Å². The number of methoxy groups -OCH3 is 1. The zero-order valence-electron chi connectivity index (χ0n) is 9.09. The highest BCUT2D eigenvalue weighted by molar-refractivity contribution is 6.29. The summed E-state index contributed by atoms with van der Waals surface area (Å²) in [4.78, 5) is 15.3. The molecule has 0 N–H and O–H groups in total. The molecule has 2 aromatic rings. The quantitative estimate of drug-likeness (QED) is 0.818. The average Bonchev–Trinajstić information content (AvgIpc) is 2.73. The lowest BCUT2D eigenvalue weighted by Crippen LogP contribution is -2.21. The van der Waals surface area contributed by atoms with Crippen LogP contribution in [0.4, 0.5) is 0 Å². The van der Waals surface area contributed by atoms with Crippen LogP contribution >= 0.6 is 11.6 Å². The molecule has 7 heteroatoms. The maximum atomic E-state index is 11.6. The van der Waals surface area contributed by atoms with Crippen LogP contribution in [0.2, 0.25) is 5.15 Å². The van der Waals surface area contributed by atoms with Crippen molar-refractivity contribution in [3.8, 4) is 0 Å². The molecule has 0 amide bonds. The van der Waals surface area contributed by atoms with Crippen molar-refractivity contribution in [1.29, 1.82) is 0 Å². The van der Waals surface area contributed by atoms with Crippen molar-refractivity contribution in [2.24, 2.45) is 0 Å². The van der Waals surface area contributed by atoms with E-state index in [1.54, 1.807) is 19.4 Å². The Balaban J connectivity index is 2.19. The van der Waals surface area contributed by atoms with Gasteiger partial charge in [0.25, 0.3) is 5.56 Å². The van der Waals surface area contributed by atoms with E-state index in [1.807, 2.05) is 0 Å².